The number of rotatable bonds is 3. The molecule has 0 heterocycles. The topological polar surface area (TPSA) is 55.1 Å². The first-order valence-electron chi connectivity index (χ1n) is 4.51. The van der Waals surface area contributed by atoms with Crippen LogP contribution < -0.4 is 11.1 Å². The van der Waals surface area contributed by atoms with Crippen LogP contribution in [0.25, 0.3) is 0 Å². The fourth-order valence-corrected chi connectivity index (χ4v) is 1.43. The predicted octanol–water partition coefficient (Wildman–Crippen LogP) is 2.07. The third kappa shape index (κ3) is 3.09. The third-order valence-electron chi connectivity index (χ3n) is 1.93. The quantitative estimate of drug-likeness (QED) is 0.859. The van der Waals surface area contributed by atoms with Gasteiger partial charge in [-0.25, -0.2) is 0 Å². The van der Waals surface area contributed by atoms with Gasteiger partial charge in [-0.1, -0.05) is 29.3 Å². The van der Waals surface area contributed by atoms with E-state index in [2.05, 4.69) is 5.32 Å². The molecule has 0 fully saturated rings. The van der Waals surface area contributed by atoms with Crippen molar-refractivity contribution in [2.45, 2.75) is 13.0 Å². The molecule has 1 atom stereocenters. The molecule has 5 heteroatoms. The first-order valence-corrected chi connectivity index (χ1v) is 5.26. The average molecular weight is 247 g/mol. The average Bonchev–Trinajstić information content (AvgIpc) is 2.21. The molecule has 0 radical (unpaired) electrons. The van der Waals surface area contributed by atoms with Gasteiger partial charge in [-0.15, -0.1) is 0 Å². The van der Waals surface area contributed by atoms with Crippen molar-refractivity contribution in [2.75, 3.05) is 6.54 Å². The lowest BCUT2D eigenvalue weighted by Gasteiger charge is -2.12. The number of carbonyl (C=O) groups excluding carboxylic acids is 1. The molecule has 0 unspecified atom stereocenters. The number of hydrogen-bond acceptors (Lipinski definition) is 2. The van der Waals surface area contributed by atoms with Crippen molar-refractivity contribution < 1.29 is 4.79 Å². The van der Waals surface area contributed by atoms with Gasteiger partial charge in [0.25, 0.3) is 5.91 Å². The van der Waals surface area contributed by atoms with Gasteiger partial charge in [0, 0.05) is 12.6 Å². The summed E-state index contributed by atoms with van der Waals surface area (Å²) in [6, 6.07) is 4.84. The van der Waals surface area contributed by atoms with Crippen LogP contribution in [0.2, 0.25) is 10.0 Å². The second-order valence-corrected chi connectivity index (χ2v) is 4.00. The van der Waals surface area contributed by atoms with Crippen molar-refractivity contribution in [3.8, 4) is 0 Å². The highest BCUT2D eigenvalue weighted by atomic mass is 35.5. The van der Waals surface area contributed by atoms with Crippen LogP contribution in [0, 0.1) is 0 Å². The van der Waals surface area contributed by atoms with Gasteiger partial charge in [-0.2, -0.15) is 0 Å². The second-order valence-electron chi connectivity index (χ2n) is 3.21. The number of hydrogen-bond donors (Lipinski definition) is 2. The highest BCUT2D eigenvalue weighted by Crippen LogP contribution is 2.25. The van der Waals surface area contributed by atoms with Gasteiger partial charge in [0.15, 0.2) is 0 Å². The smallest absolute Gasteiger partial charge is 0.253 e. The number of nitrogens with two attached hydrogens (primary N) is 1. The van der Waals surface area contributed by atoms with Crippen LogP contribution in [0.4, 0.5) is 0 Å². The lowest BCUT2D eigenvalue weighted by molar-refractivity contribution is 0.0941. The number of nitrogens with one attached hydrogen (secondary N) is 1. The molecular weight excluding hydrogens is 235 g/mol. The van der Waals surface area contributed by atoms with E-state index in [9.17, 15) is 4.79 Å². The third-order valence-corrected chi connectivity index (χ3v) is 2.75. The number of halogens is 2. The molecule has 1 rings (SSSR count). The molecule has 0 bridgehead atoms. The molecule has 15 heavy (non-hydrogen) atoms. The Morgan fingerprint density at radius 2 is 2.20 bits per heavy atom. The molecule has 3 N–H and O–H groups in total. The minimum absolute atomic E-state index is 0.0902. The standard InChI is InChI=1S/C10H12Cl2N2O/c1-6(5-13)14-10(15)7-3-2-4-8(11)9(7)12/h2-4,6H,5,13H2,1H3,(H,14,15)/t6-/m1/s1. The van der Waals surface area contributed by atoms with Crippen molar-refractivity contribution in [1.82, 2.24) is 5.32 Å². The normalized spacial score (nSPS) is 12.3. The van der Waals surface area contributed by atoms with Crippen LogP contribution >= 0.6 is 23.2 Å². The largest absolute Gasteiger partial charge is 0.348 e. The number of carbonyl (C=O) groups is 1. The first-order chi connectivity index (χ1) is 7.06. The zero-order valence-electron chi connectivity index (χ0n) is 8.26. The maximum Gasteiger partial charge on any atom is 0.253 e. The van der Waals surface area contributed by atoms with Crippen LogP contribution in [0.15, 0.2) is 18.2 Å². The molecule has 0 aliphatic rings. The molecule has 0 aliphatic heterocycles. The lowest BCUT2D eigenvalue weighted by Crippen LogP contribution is -2.37. The summed E-state index contributed by atoms with van der Waals surface area (Å²) in [5.74, 6) is -0.263. The van der Waals surface area contributed by atoms with E-state index in [-0.39, 0.29) is 17.0 Å². The summed E-state index contributed by atoms with van der Waals surface area (Å²) in [7, 11) is 0. The Morgan fingerprint density at radius 1 is 1.53 bits per heavy atom. The summed E-state index contributed by atoms with van der Waals surface area (Å²) in [4.78, 5) is 11.7. The van der Waals surface area contributed by atoms with Crippen LogP contribution in [0.3, 0.4) is 0 Å². The fourth-order valence-electron chi connectivity index (χ4n) is 1.04. The van der Waals surface area contributed by atoms with E-state index >= 15 is 0 Å². The van der Waals surface area contributed by atoms with Gasteiger partial charge in [-0.3, -0.25) is 4.79 Å². The van der Waals surface area contributed by atoms with Crippen molar-refractivity contribution in [3.63, 3.8) is 0 Å². The van der Waals surface area contributed by atoms with Crippen molar-refractivity contribution in [1.29, 1.82) is 0 Å². The van der Waals surface area contributed by atoms with Crippen LogP contribution in [0.5, 0.6) is 0 Å². The van der Waals surface area contributed by atoms with Gasteiger partial charge >= 0.3 is 0 Å². The summed E-state index contributed by atoms with van der Waals surface area (Å²) >= 11 is 11.7. The number of amides is 1. The van der Waals surface area contributed by atoms with Crippen molar-refractivity contribution in [2.24, 2.45) is 5.73 Å². The summed E-state index contributed by atoms with van der Waals surface area (Å²) < 4.78 is 0. The van der Waals surface area contributed by atoms with E-state index in [1.54, 1.807) is 18.2 Å². The highest BCUT2D eigenvalue weighted by Gasteiger charge is 2.13. The Hall–Kier alpha value is -0.770. The minimum atomic E-state index is -0.263. The lowest BCUT2D eigenvalue weighted by atomic mass is 10.2. The molecule has 1 aromatic rings. The molecule has 0 aliphatic carbocycles. The van der Waals surface area contributed by atoms with E-state index in [1.807, 2.05) is 6.92 Å². The predicted molar refractivity (Wildman–Crippen MR) is 62.4 cm³/mol. The molecule has 1 amide bonds. The Morgan fingerprint density at radius 3 is 2.80 bits per heavy atom. The van der Waals surface area contributed by atoms with E-state index in [0.717, 1.165) is 0 Å². The zero-order chi connectivity index (χ0) is 11.4. The van der Waals surface area contributed by atoms with E-state index in [4.69, 9.17) is 28.9 Å². The Kier molecular flexibility index (Phi) is 4.39. The van der Waals surface area contributed by atoms with Crippen molar-refractivity contribution in [3.05, 3.63) is 33.8 Å². The van der Waals surface area contributed by atoms with Gasteiger partial charge in [0.1, 0.15) is 0 Å². The van der Waals surface area contributed by atoms with Gasteiger partial charge < -0.3 is 11.1 Å². The fraction of sp³-hybridized carbons (Fsp3) is 0.300. The Bertz CT molecular complexity index is 368. The van der Waals surface area contributed by atoms with Gasteiger partial charge in [0.05, 0.1) is 15.6 Å². The molecule has 0 aromatic heterocycles. The van der Waals surface area contributed by atoms with Crippen molar-refractivity contribution >= 4 is 29.1 Å². The summed E-state index contributed by atoms with van der Waals surface area (Å²) in [5, 5.41) is 3.34. The van der Waals surface area contributed by atoms with Crippen LogP contribution in [-0.4, -0.2) is 18.5 Å². The summed E-state index contributed by atoms with van der Waals surface area (Å²) in [5.41, 5.74) is 5.76. The molecule has 82 valence electrons. The van der Waals surface area contributed by atoms with E-state index in [0.29, 0.717) is 17.1 Å². The summed E-state index contributed by atoms with van der Waals surface area (Å²) in [6.45, 7) is 2.19. The molecule has 1 aromatic carbocycles. The SMILES string of the molecule is C[C@H](CN)NC(=O)c1cccc(Cl)c1Cl. The van der Waals surface area contributed by atoms with E-state index < -0.39 is 0 Å². The zero-order valence-corrected chi connectivity index (χ0v) is 9.77. The molecule has 0 saturated carbocycles. The second kappa shape index (κ2) is 5.35. The van der Waals surface area contributed by atoms with E-state index in [1.165, 1.54) is 0 Å². The maximum atomic E-state index is 11.7. The highest BCUT2D eigenvalue weighted by molar-refractivity contribution is 6.43. The monoisotopic (exact) mass is 246 g/mol. The summed E-state index contributed by atoms with van der Waals surface area (Å²) in [6.07, 6.45) is 0. The molecule has 3 nitrogen and oxygen atoms in total. The van der Waals surface area contributed by atoms with Crippen LogP contribution in [0.1, 0.15) is 17.3 Å². The number of benzene rings is 1. The molecule has 0 spiro atoms. The Balaban J connectivity index is 2.87. The van der Waals surface area contributed by atoms with Crippen LogP contribution in [-0.2, 0) is 0 Å². The first kappa shape index (κ1) is 12.3. The molecule has 0 saturated heterocycles. The maximum absolute atomic E-state index is 11.7. The van der Waals surface area contributed by atoms with Gasteiger partial charge in [-0.05, 0) is 19.1 Å². The Labute approximate surface area is 98.5 Å². The van der Waals surface area contributed by atoms with Gasteiger partial charge in [0.2, 0.25) is 0 Å². The minimum Gasteiger partial charge on any atom is -0.348 e. The molecular formula is C10H12Cl2N2O.